The number of nitrogens with one attached hydrogen (secondary N) is 4. The molecular formula is C18H24N8O3. The molecule has 2 atom stereocenters. The van der Waals surface area contributed by atoms with Crippen LogP contribution in [0.1, 0.15) is 31.4 Å². The van der Waals surface area contributed by atoms with Crippen molar-refractivity contribution in [3.8, 4) is 5.88 Å². The number of rotatable bonds is 4. The van der Waals surface area contributed by atoms with Gasteiger partial charge in [0.2, 0.25) is 11.8 Å². The van der Waals surface area contributed by atoms with Crippen LogP contribution in [0.4, 0.5) is 0 Å². The molecule has 5 rings (SSSR count). The van der Waals surface area contributed by atoms with Crippen molar-refractivity contribution in [2.75, 3.05) is 19.8 Å². The Balaban J connectivity index is 1.39. The third-order valence-corrected chi connectivity index (χ3v) is 5.27. The SMILES string of the molecule is O=c1[nH]c(O)c(/C=C2\C=NN3C(=NC4CC4)NC(=NCC4CCCOC4)NC23)[nH]1. The van der Waals surface area contributed by atoms with Gasteiger partial charge in [0.1, 0.15) is 5.69 Å². The molecule has 0 aromatic carbocycles. The number of hydrazone groups is 1. The molecular weight excluding hydrogens is 376 g/mol. The molecule has 4 aliphatic rings. The number of hydrogen-bond donors (Lipinski definition) is 5. The quantitative estimate of drug-likeness (QED) is 0.478. The number of hydrogen-bond acceptors (Lipinski definition) is 6. The lowest BCUT2D eigenvalue weighted by molar-refractivity contribution is 0.0581. The predicted octanol–water partition coefficient (Wildman–Crippen LogP) is -0.0867. The minimum absolute atomic E-state index is 0.207. The van der Waals surface area contributed by atoms with E-state index in [-0.39, 0.29) is 12.0 Å². The van der Waals surface area contributed by atoms with Crippen LogP contribution in [0.5, 0.6) is 5.88 Å². The average molecular weight is 400 g/mol. The Labute approximate surface area is 166 Å². The van der Waals surface area contributed by atoms with Gasteiger partial charge >= 0.3 is 5.69 Å². The fourth-order valence-corrected chi connectivity index (χ4v) is 3.56. The number of H-pyrrole nitrogens is 2. The van der Waals surface area contributed by atoms with E-state index < -0.39 is 5.69 Å². The first-order valence-electron chi connectivity index (χ1n) is 9.95. The minimum Gasteiger partial charge on any atom is -0.493 e. The van der Waals surface area contributed by atoms with E-state index in [4.69, 9.17) is 14.7 Å². The summed E-state index contributed by atoms with van der Waals surface area (Å²) in [5.41, 5.74) is 0.610. The van der Waals surface area contributed by atoms with Crippen molar-refractivity contribution < 1.29 is 9.84 Å². The molecule has 11 heteroatoms. The van der Waals surface area contributed by atoms with E-state index in [9.17, 15) is 9.90 Å². The van der Waals surface area contributed by atoms with Crippen LogP contribution in [-0.4, -0.2) is 70.2 Å². The van der Waals surface area contributed by atoms with Gasteiger partial charge in [-0.25, -0.2) is 14.8 Å². The lowest BCUT2D eigenvalue weighted by Crippen LogP contribution is -2.62. The summed E-state index contributed by atoms with van der Waals surface area (Å²) in [6, 6.07) is 0.317. The normalized spacial score (nSPS) is 30.6. The molecule has 1 aromatic rings. The van der Waals surface area contributed by atoms with Crippen molar-refractivity contribution >= 4 is 24.2 Å². The highest BCUT2D eigenvalue weighted by Gasteiger charge is 2.37. The number of ether oxygens (including phenoxy) is 1. The van der Waals surface area contributed by atoms with E-state index in [1.165, 1.54) is 0 Å². The van der Waals surface area contributed by atoms with E-state index in [1.54, 1.807) is 17.3 Å². The third kappa shape index (κ3) is 3.90. The molecule has 1 aromatic heterocycles. The summed E-state index contributed by atoms with van der Waals surface area (Å²) in [6.45, 7) is 2.24. The van der Waals surface area contributed by atoms with E-state index in [2.05, 4.69) is 25.7 Å². The minimum atomic E-state index is -0.465. The second-order valence-corrected chi connectivity index (χ2v) is 7.70. The molecule has 154 valence electrons. The van der Waals surface area contributed by atoms with Gasteiger partial charge in [-0.3, -0.25) is 15.3 Å². The van der Waals surface area contributed by atoms with Crippen LogP contribution < -0.4 is 16.3 Å². The molecule has 4 heterocycles. The highest BCUT2D eigenvalue weighted by molar-refractivity contribution is 6.05. The number of aromatic hydroxyl groups is 1. The average Bonchev–Trinajstić information content (AvgIpc) is 3.36. The number of imidazole rings is 1. The first-order valence-corrected chi connectivity index (χ1v) is 9.95. The fourth-order valence-electron chi connectivity index (χ4n) is 3.56. The first-order chi connectivity index (χ1) is 14.2. The standard InChI is InChI=1S/C18H24N8O3/c27-15-13(22-18(28)24-15)6-11-8-20-26-14(11)23-16(25-17(26)21-12-3-4-12)19-7-10-2-1-5-29-9-10/h6,8,10,12,14,27H,1-5,7,9H2,(H2,22,24,28)(H2,19,21,23,25)/b11-6+. The zero-order valence-corrected chi connectivity index (χ0v) is 15.9. The molecule has 0 radical (unpaired) electrons. The van der Waals surface area contributed by atoms with Crippen LogP contribution in [0, 0.1) is 5.92 Å². The van der Waals surface area contributed by atoms with Gasteiger partial charge < -0.3 is 20.1 Å². The van der Waals surface area contributed by atoms with E-state index in [0.717, 1.165) is 44.5 Å². The van der Waals surface area contributed by atoms with E-state index in [1.807, 2.05) is 0 Å². The maximum atomic E-state index is 11.4. The fraction of sp³-hybridized carbons (Fsp3) is 0.556. The summed E-state index contributed by atoms with van der Waals surface area (Å²) in [5, 5.41) is 22.7. The summed E-state index contributed by atoms with van der Waals surface area (Å²) in [5.74, 6) is 1.50. The maximum Gasteiger partial charge on any atom is 0.326 e. The molecule has 0 bridgehead atoms. The smallest absolute Gasteiger partial charge is 0.326 e. The van der Waals surface area contributed by atoms with Crippen LogP contribution in [0.15, 0.2) is 25.5 Å². The van der Waals surface area contributed by atoms with Crippen molar-refractivity contribution in [3.05, 3.63) is 21.8 Å². The molecule has 0 spiro atoms. The van der Waals surface area contributed by atoms with Crippen molar-refractivity contribution in [3.63, 3.8) is 0 Å². The van der Waals surface area contributed by atoms with Crippen molar-refractivity contribution in [1.82, 2.24) is 25.6 Å². The Morgan fingerprint density at radius 1 is 1.34 bits per heavy atom. The van der Waals surface area contributed by atoms with Crippen LogP contribution in [-0.2, 0) is 4.74 Å². The second-order valence-electron chi connectivity index (χ2n) is 7.70. The molecule has 3 aliphatic heterocycles. The molecule has 1 saturated carbocycles. The zero-order valence-electron chi connectivity index (χ0n) is 15.9. The van der Waals surface area contributed by atoms with Crippen LogP contribution in [0.25, 0.3) is 6.08 Å². The molecule has 29 heavy (non-hydrogen) atoms. The van der Waals surface area contributed by atoms with Crippen LogP contribution in [0.2, 0.25) is 0 Å². The first kappa shape index (κ1) is 18.0. The highest BCUT2D eigenvalue weighted by Crippen LogP contribution is 2.27. The second kappa shape index (κ2) is 7.39. The lowest BCUT2D eigenvalue weighted by Gasteiger charge is -2.33. The monoisotopic (exact) mass is 400 g/mol. The van der Waals surface area contributed by atoms with E-state index >= 15 is 0 Å². The largest absolute Gasteiger partial charge is 0.493 e. The highest BCUT2D eigenvalue weighted by atomic mass is 16.5. The summed E-state index contributed by atoms with van der Waals surface area (Å²) >= 11 is 0. The Hall–Kier alpha value is -3.08. The Morgan fingerprint density at radius 3 is 2.97 bits per heavy atom. The van der Waals surface area contributed by atoms with Crippen molar-refractivity contribution in [1.29, 1.82) is 0 Å². The lowest BCUT2D eigenvalue weighted by atomic mass is 10.0. The number of aromatic amines is 2. The summed E-state index contributed by atoms with van der Waals surface area (Å²) in [7, 11) is 0. The van der Waals surface area contributed by atoms with Gasteiger partial charge in [0, 0.05) is 24.6 Å². The maximum absolute atomic E-state index is 11.4. The number of nitrogens with zero attached hydrogens (tertiary/aromatic N) is 4. The number of aliphatic imine (C=N–C) groups is 2. The Bertz CT molecular complexity index is 949. The van der Waals surface area contributed by atoms with Gasteiger partial charge in [-0.2, -0.15) is 5.10 Å². The Morgan fingerprint density at radius 2 is 2.24 bits per heavy atom. The molecule has 2 unspecified atom stereocenters. The molecule has 3 fully saturated rings. The van der Waals surface area contributed by atoms with Crippen LogP contribution in [0.3, 0.4) is 0 Å². The summed E-state index contributed by atoms with van der Waals surface area (Å²) < 4.78 is 5.54. The van der Waals surface area contributed by atoms with Gasteiger partial charge in [-0.1, -0.05) is 0 Å². The topological polar surface area (TPSA) is 142 Å². The summed E-state index contributed by atoms with van der Waals surface area (Å²) in [6.07, 6.45) is 7.38. The third-order valence-electron chi connectivity index (χ3n) is 5.27. The van der Waals surface area contributed by atoms with E-state index in [0.29, 0.717) is 36.1 Å². The molecule has 1 aliphatic carbocycles. The molecule has 11 nitrogen and oxygen atoms in total. The van der Waals surface area contributed by atoms with Crippen LogP contribution >= 0.6 is 0 Å². The van der Waals surface area contributed by atoms with Gasteiger partial charge in [0.05, 0.1) is 18.9 Å². The number of guanidine groups is 2. The molecule has 5 N–H and O–H groups in total. The van der Waals surface area contributed by atoms with Crippen molar-refractivity contribution in [2.24, 2.45) is 21.0 Å². The van der Waals surface area contributed by atoms with Crippen molar-refractivity contribution in [2.45, 2.75) is 37.9 Å². The molecule has 0 amide bonds. The van der Waals surface area contributed by atoms with Gasteiger partial charge in [-0.15, -0.1) is 0 Å². The molecule has 2 saturated heterocycles. The van der Waals surface area contributed by atoms with Gasteiger partial charge in [0.25, 0.3) is 0 Å². The predicted molar refractivity (Wildman–Crippen MR) is 108 cm³/mol. The van der Waals surface area contributed by atoms with Gasteiger partial charge in [0.15, 0.2) is 12.1 Å². The zero-order chi connectivity index (χ0) is 19.8. The van der Waals surface area contributed by atoms with Gasteiger partial charge in [-0.05, 0) is 31.8 Å². The number of fused-ring (bicyclic) bond motifs is 1. The summed E-state index contributed by atoms with van der Waals surface area (Å²) in [4.78, 5) is 25.7. The number of aromatic nitrogens is 2. The Kier molecular flexibility index (Phi) is 4.58.